The van der Waals surface area contributed by atoms with Crippen molar-refractivity contribution in [1.82, 2.24) is 5.32 Å². The first kappa shape index (κ1) is 14.3. The summed E-state index contributed by atoms with van der Waals surface area (Å²) >= 11 is 0. The van der Waals surface area contributed by atoms with Gasteiger partial charge < -0.3 is 21.4 Å². The SMILES string of the molecule is CC1CCC(O)(CNCCCC(N)=NO)CC1. The molecule has 0 heterocycles. The molecular formula is C12H25N3O2. The van der Waals surface area contributed by atoms with E-state index < -0.39 is 5.60 Å². The van der Waals surface area contributed by atoms with E-state index in [2.05, 4.69) is 17.4 Å². The maximum atomic E-state index is 10.3. The van der Waals surface area contributed by atoms with E-state index in [0.717, 1.165) is 44.6 Å². The highest BCUT2D eigenvalue weighted by atomic mass is 16.4. The lowest BCUT2D eigenvalue weighted by Crippen LogP contribution is -2.43. The summed E-state index contributed by atoms with van der Waals surface area (Å²) in [6.45, 7) is 3.67. The highest BCUT2D eigenvalue weighted by Gasteiger charge is 2.30. The Morgan fingerprint density at radius 1 is 1.47 bits per heavy atom. The molecule has 0 aromatic carbocycles. The number of nitrogens with zero attached hydrogens (tertiary/aromatic N) is 1. The van der Waals surface area contributed by atoms with Crippen molar-refractivity contribution in [2.45, 2.75) is 51.0 Å². The molecule has 0 aromatic rings. The summed E-state index contributed by atoms with van der Waals surface area (Å²) in [7, 11) is 0. The van der Waals surface area contributed by atoms with Crippen LogP contribution < -0.4 is 11.1 Å². The van der Waals surface area contributed by atoms with Crippen LogP contribution in [-0.4, -0.2) is 34.8 Å². The molecule has 1 saturated carbocycles. The Bertz CT molecular complexity index is 248. The number of nitrogens with two attached hydrogens (primary N) is 1. The predicted molar refractivity (Wildman–Crippen MR) is 68.1 cm³/mol. The Balaban J connectivity index is 2.09. The van der Waals surface area contributed by atoms with Gasteiger partial charge in [0.05, 0.1) is 5.60 Å². The third kappa shape index (κ3) is 5.37. The monoisotopic (exact) mass is 243 g/mol. The fourth-order valence-corrected chi connectivity index (χ4v) is 2.24. The summed E-state index contributed by atoms with van der Waals surface area (Å²) < 4.78 is 0. The van der Waals surface area contributed by atoms with Gasteiger partial charge >= 0.3 is 0 Å². The van der Waals surface area contributed by atoms with Crippen molar-refractivity contribution in [3.8, 4) is 0 Å². The Hall–Kier alpha value is -0.810. The van der Waals surface area contributed by atoms with Crippen LogP contribution in [0.15, 0.2) is 5.16 Å². The summed E-state index contributed by atoms with van der Waals surface area (Å²) in [5.74, 6) is 1.01. The Morgan fingerprint density at radius 2 is 2.12 bits per heavy atom. The Labute approximate surface area is 103 Å². The summed E-state index contributed by atoms with van der Waals surface area (Å²) in [4.78, 5) is 0. The number of aliphatic hydroxyl groups is 1. The average Bonchev–Trinajstić information content (AvgIpc) is 2.32. The molecule has 1 aliphatic rings. The van der Waals surface area contributed by atoms with Gasteiger partial charge in [-0.3, -0.25) is 0 Å². The number of rotatable bonds is 6. The van der Waals surface area contributed by atoms with Gasteiger partial charge in [0, 0.05) is 13.0 Å². The van der Waals surface area contributed by atoms with Gasteiger partial charge in [-0.1, -0.05) is 12.1 Å². The zero-order valence-electron chi connectivity index (χ0n) is 10.7. The summed E-state index contributed by atoms with van der Waals surface area (Å²) in [5, 5.41) is 24.8. The molecular weight excluding hydrogens is 218 g/mol. The quantitative estimate of drug-likeness (QED) is 0.184. The Kier molecular flexibility index (Phi) is 5.71. The van der Waals surface area contributed by atoms with Gasteiger partial charge in [-0.2, -0.15) is 0 Å². The maximum absolute atomic E-state index is 10.3. The van der Waals surface area contributed by atoms with Crippen molar-refractivity contribution in [3.63, 3.8) is 0 Å². The second-order valence-electron chi connectivity index (χ2n) is 5.28. The molecule has 17 heavy (non-hydrogen) atoms. The molecule has 5 nitrogen and oxygen atoms in total. The van der Waals surface area contributed by atoms with E-state index in [1.165, 1.54) is 0 Å². The number of amidine groups is 1. The van der Waals surface area contributed by atoms with Crippen LogP contribution in [0.1, 0.15) is 45.4 Å². The number of nitrogens with one attached hydrogen (secondary N) is 1. The molecule has 1 aliphatic carbocycles. The van der Waals surface area contributed by atoms with Crippen molar-refractivity contribution < 1.29 is 10.3 Å². The third-order valence-corrected chi connectivity index (χ3v) is 3.57. The maximum Gasteiger partial charge on any atom is 0.139 e. The highest BCUT2D eigenvalue weighted by Crippen LogP contribution is 2.31. The smallest absolute Gasteiger partial charge is 0.139 e. The normalized spacial score (nSPS) is 30.5. The van der Waals surface area contributed by atoms with E-state index in [1.807, 2.05) is 0 Å². The van der Waals surface area contributed by atoms with Crippen molar-refractivity contribution in [1.29, 1.82) is 0 Å². The van der Waals surface area contributed by atoms with Gasteiger partial charge in [-0.05, 0) is 44.6 Å². The molecule has 0 bridgehead atoms. The summed E-state index contributed by atoms with van der Waals surface area (Å²) in [6.07, 6.45) is 5.41. The van der Waals surface area contributed by atoms with Gasteiger partial charge in [-0.25, -0.2) is 0 Å². The summed E-state index contributed by atoms with van der Waals surface area (Å²) in [6, 6.07) is 0. The number of oxime groups is 1. The van der Waals surface area contributed by atoms with Crippen LogP contribution in [0.5, 0.6) is 0 Å². The zero-order chi connectivity index (χ0) is 12.7. The van der Waals surface area contributed by atoms with E-state index in [1.54, 1.807) is 0 Å². The second kappa shape index (κ2) is 6.81. The van der Waals surface area contributed by atoms with Gasteiger partial charge in [0.15, 0.2) is 0 Å². The molecule has 100 valence electrons. The first-order valence-electron chi connectivity index (χ1n) is 6.45. The van der Waals surface area contributed by atoms with E-state index in [-0.39, 0.29) is 5.84 Å². The minimum Gasteiger partial charge on any atom is -0.409 e. The minimum atomic E-state index is -0.525. The van der Waals surface area contributed by atoms with Crippen LogP contribution in [0.2, 0.25) is 0 Å². The first-order chi connectivity index (χ1) is 8.06. The molecule has 1 rings (SSSR count). The molecule has 0 unspecified atom stereocenters. The molecule has 0 radical (unpaired) electrons. The largest absolute Gasteiger partial charge is 0.409 e. The first-order valence-corrected chi connectivity index (χ1v) is 6.45. The van der Waals surface area contributed by atoms with Crippen molar-refractivity contribution >= 4 is 5.84 Å². The van der Waals surface area contributed by atoms with Crippen LogP contribution in [-0.2, 0) is 0 Å². The highest BCUT2D eigenvalue weighted by molar-refractivity contribution is 5.79. The fourth-order valence-electron chi connectivity index (χ4n) is 2.24. The molecule has 0 amide bonds. The Morgan fingerprint density at radius 3 is 2.71 bits per heavy atom. The molecule has 0 saturated heterocycles. The second-order valence-corrected chi connectivity index (χ2v) is 5.28. The van der Waals surface area contributed by atoms with Gasteiger partial charge in [0.25, 0.3) is 0 Å². The van der Waals surface area contributed by atoms with E-state index in [9.17, 15) is 5.11 Å². The lowest BCUT2D eigenvalue weighted by molar-refractivity contribution is -0.00590. The van der Waals surface area contributed by atoms with Crippen LogP contribution in [0.3, 0.4) is 0 Å². The van der Waals surface area contributed by atoms with Gasteiger partial charge in [-0.15, -0.1) is 0 Å². The van der Waals surface area contributed by atoms with Crippen LogP contribution in [0.4, 0.5) is 0 Å². The molecule has 5 heteroatoms. The topological polar surface area (TPSA) is 90.9 Å². The van der Waals surface area contributed by atoms with Crippen LogP contribution >= 0.6 is 0 Å². The molecule has 5 N–H and O–H groups in total. The fraction of sp³-hybridized carbons (Fsp3) is 0.917. The van der Waals surface area contributed by atoms with Crippen molar-refractivity contribution in [2.75, 3.05) is 13.1 Å². The van der Waals surface area contributed by atoms with E-state index in [4.69, 9.17) is 10.9 Å². The number of hydrogen-bond donors (Lipinski definition) is 4. The third-order valence-electron chi connectivity index (χ3n) is 3.57. The molecule has 0 aliphatic heterocycles. The lowest BCUT2D eigenvalue weighted by atomic mass is 9.79. The van der Waals surface area contributed by atoms with Gasteiger partial charge in [0.2, 0.25) is 0 Å². The zero-order valence-corrected chi connectivity index (χ0v) is 10.7. The predicted octanol–water partition coefficient (Wildman–Crippen LogP) is 1.04. The standard InChI is InChI=1S/C12H25N3O2/c1-10-4-6-12(16,7-5-10)9-14-8-2-3-11(13)15-17/h10,14,16-17H,2-9H2,1H3,(H2,13,15). The molecule has 0 aromatic heterocycles. The van der Waals surface area contributed by atoms with Crippen LogP contribution in [0.25, 0.3) is 0 Å². The molecule has 0 spiro atoms. The molecule has 0 atom stereocenters. The van der Waals surface area contributed by atoms with Crippen LogP contribution in [0, 0.1) is 5.92 Å². The lowest BCUT2D eigenvalue weighted by Gasteiger charge is -2.35. The molecule has 1 fully saturated rings. The van der Waals surface area contributed by atoms with Gasteiger partial charge in [0.1, 0.15) is 5.84 Å². The van der Waals surface area contributed by atoms with Crippen molar-refractivity contribution in [2.24, 2.45) is 16.8 Å². The van der Waals surface area contributed by atoms with Crippen molar-refractivity contribution in [3.05, 3.63) is 0 Å². The average molecular weight is 243 g/mol. The van der Waals surface area contributed by atoms with E-state index in [0.29, 0.717) is 13.0 Å². The minimum absolute atomic E-state index is 0.261. The van der Waals surface area contributed by atoms with E-state index >= 15 is 0 Å². The summed E-state index contributed by atoms with van der Waals surface area (Å²) in [5.41, 5.74) is 4.84. The number of hydrogen-bond acceptors (Lipinski definition) is 4.